The minimum absolute atomic E-state index is 0.544. The van der Waals surface area contributed by atoms with Gasteiger partial charge in [-0.25, -0.2) is 15.0 Å². The lowest BCUT2D eigenvalue weighted by atomic mass is 10.0. The molecule has 1 N–H and O–H groups in total. The van der Waals surface area contributed by atoms with Crippen molar-refractivity contribution in [1.29, 1.82) is 0 Å². The first-order chi connectivity index (χ1) is 13.3. The number of rotatable bonds is 6. The summed E-state index contributed by atoms with van der Waals surface area (Å²) in [5, 5.41) is 6.09. The highest BCUT2D eigenvalue weighted by Gasteiger charge is 2.06. The Kier molecular flexibility index (Phi) is 5.07. The molecular formula is C21H18N4OS. The second-order valence-corrected chi connectivity index (χ2v) is 6.66. The summed E-state index contributed by atoms with van der Waals surface area (Å²) in [5.74, 6) is 1.41. The molecule has 0 aliphatic carbocycles. The fraction of sp³-hybridized carbons (Fsp3) is 0.0952. The third-order valence-corrected chi connectivity index (χ3v) is 4.70. The molecule has 0 aliphatic rings. The van der Waals surface area contributed by atoms with Crippen LogP contribution in [0.5, 0.6) is 5.75 Å². The van der Waals surface area contributed by atoms with Crippen molar-refractivity contribution >= 4 is 23.0 Å². The first-order valence-electron chi connectivity index (χ1n) is 8.65. The average molecular weight is 374 g/mol. The van der Waals surface area contributed by atoms with E-state index in [0.29, 0.717) is 12.6 Å². The van der Waals surface area contributed by atoms with Gasteiger partial charge in [-0.1, -0.05) is 24.3 Å². The highest BCUT2D eigenvalue weighted by molar-refractivity contribution is 7.13. The molecule has 2 aromatic heterocycles. The van der Waals surface area contributed by atoms with E-state index in [1.54, 1.807) is 23.7 Å². The fourth-order valence-electron chi connectivity index (χ4n) is 2.73. The van der Waals surface area contributed by atoms with Crippen LogP contribution in [-0.4, -0.2) is 21.6 Å². The van der Waals surface area contributed by atoms with E-state index in [9.17, 15) is 0 Å². The second kappa shape index (κ2) is 7.97. The quantitative estimate of drug-likeness (QED) is 0.489. The van der Waals surface area contributed by atoms with Gasteiger partial charge in [0.25, 0.3) is 0 Å². The second-order valence-electron chi connectivity index (χ2n) is 5.77. The molecule has 0 radical (unpaired) electrons. The van der Waals surface area contributed by atoms with Gasteiger partial charge < -0.3 is 10.1 Å². The largest absolute Gasteiger partial charge is 0.494 e. The number of hydrogen-bond acceptors (Lipinski definition) is 6. The molecule has 6 heteroatoms. The Labute approximate surface area is 161 Å². The zero-order chi connectivity index (χ0) is 18.5. The first kappa shape index (κ1) is 17.2. The minimum Gasteiger partial charge on any atom is -0.494 e. The third kappa shape index (κ3) is 4.12. The summed E-state index contributed by atoms with van der Waals surface area (Å²) in [6, 6.07) is 18.1. The zero-order valence-electron chi connectivity index (χ0n) is 14.8. The van der Waals surface area contributed by atoms with Crippen molar-refractivity contribution in [2.24, 2.45) is 0 Å². The zero-order valence-corrected chi connectivity index (χ0v) is 15.6. The minimum atomic E-state index is 0.544. The average Bonchev–Trinajstić information content (AvgIpc) is 3.24. The molecule has 0 saturated carbocycles. The maximum absolute atomic E-state index is 5.60. The van der Waals surface area contributed by atoms with Gasteiger partial charge in [-0.05, 0) is 48.4 Å². The van der Waals surface area contributed by atoms with Crippen molar-refractivity contribution in [2.75, 3.05) is 11.9 Å². The van der Waals surface area contributed by atoms with Crippen LogP contribution in [-0.2, 0) is 0 Å². The molecule has 0 atom stereocenters. The molecule has 2 heterocycles. The van der Waals surface area contributed by atoms with Crippen molar-refractivity contribution in [2.45, 2.75) is 6.92 Å². The smallest absolute Gasteiger partial charge is 0.227 e. The molecule has 27 heavy (non-hydrogen) atoms. The molecule has 0 aliphatic heterocycles. The molecule has 5 nitrogen and oxygen atoms in total. The van der Waals surface area contributed by atoms with Gasteiger partial charge in [-0.15, -0.1) is 11.3 Å². The monoisotopic (exact) mass is 374 g/mol. The lowest BCUT2D eigenvalue weighted by molar-refractivity contribution is 0.340. The van der Waals surface area contributed by atoms with E-state index < -0.39 is 0 Å². The summed E-state index contributed by atoms with van der Waals surface area (Å²) in [6.45, 7) is 2.63. The molecule has 4 rings (SSSR count). The van der Waals surface area contributed by atoms with Crippen LogP contribution < -0.4 is 10.1 Å². The number of anilines is 2. The molecule has 4 aromatic rings. The SMILES string of the molecule is CCOc1cccc(-c2cccc(Nc3nccc(-c4nccs4)n3)c2)c1. The third-order valence-electron chi connectivity index (χ3n) is 3.90. The van der Waals surface area contributed by atoms with Gasteiger partial charge in [0.1, 0.15) is 16.5 Å². The summed E-state index contributed by atoms with van der Waals surface area (Å²) in [7, 11) is 0. The molecule has 134 valence electrons. The summed E-state index contributed by atoms with van der Waals surface area (Å²) < 4.78 is 5.60. The molecule has 0 bridgehead atoms. The van der Waals surface area contributed by atoms with Crippen LogP contribution in [0.1, 0.15) is 6.92 Å². The summed E-state index contributed by atoms with van der Waals surface area (Å²) >= 11 is 1.55. The van der Waals surface area contributed by atoms with Crippen molar-refractivity contribution in [3.8, 4) is 27.6 Å². The highest BCUT2D eigenvalue weighted by Crippen LogP contribution is 2.27. The standard InChI is InChI=1S/C21H18N4OS/c1-2-26-18-8-4-6-16(14-18)15-5-3-7-17(13-15)24-21-23-10-9-19(25-21)20-22-11-12-27-20/h3-14H,2H2,1H3,(H,23,24,25). The van der Waals surface area contributed by atoms with E-state index in [1.807, 2.05) is 48.7 Å². The molecule has 0 unspecified atom stereocenters. The Morgan fingerprint density at radius 2 is 1.81 bits per heavy atom. The van der Waals surface area contributed by atoms with E-state index in [2.05, 4.69) is 38.5 Å². The van der Waals surface area contributed by atoms with Gasteiger partial charge in [-0.3, -0.25) is 0 Å². The van der Waals surface area contributed by atoms with Crippen LogP contribution in [0, 0.1) is 0 Å². The van der Waals surface area contributed by atoms with E-state index in [1.165, 1.54) is 0 Å². The summed E-state index contributed by atoms with van der Waals surface area (Å²) in [6.07, 6.45) is 3.51. The lowest BCUT2D eigenvalue weighted by Gasteiger charge is -2.09. The number of nitrogens with one attached hydrogen (secondary N) is 1. The van der Waals surface area contributed by atoms with Crippen molar-refractivity contribution in [3.05, 3.63) is 72.4 Å². The van der Waals surface area contributed by atoms with Crippen LogP contribution in [0.15, 0.2) is 72.4 Å². The van der Waals surface area contributed by atoms with Crippen LogP contribution in [0.25, 0.3) is 21.8 Å². The summed E-state index contributed by atoms with van der Waals surface area (Å²) in [4.78, 5) is 13.2. The van der Waals surface area contributed by atoms with Crippen LogP contribution in [0.3, 0.4) is 0 Å². The van der Waals surface area contributed by atoms with E-state index in [-0.39, 0.29) is 0 Å². The Morgan fingerprint density at radius 1 is 0.963 bits per heavy atom. The predicted molar refractivity (Wildman–Crippen MR) is 109 cm³/mol. The Balaban J connectivity index is 1.58. The number of ether oxygens (including phenoxy) is 1. The normalized spacial score (nSPS) is 10.6. The van der Waals surface area contributed by atoms with E-state index >= 15 is 0 Å². The van der Waals surface area contributed by atoms with Gasteiger partial charge in [-0.2, -0.15) is 0 Å². The van der Waals surface area contributed by atoms with E-state index in [0.717, 1.165) is 33.3 Å². The van der Waals surface area contributed by atoms with Crippen molar-refractivity contribution < 1.29 is 4.74 Å². The number of aromatic nitrogens is 3. The molecular weight excluding hydrogens is 356 g/mol. The molecule has 0 amide bonds. The summed E-state index contributed by atoms with van der Waals surface area (Å²) in [5.41, 5.74) is 3.92. The van der Waals surface area contributed by atoms with Gasteiger partial charge in [0.15, 0.2) is 0 Å². The van der Waals surface area contributed by atoms with E-state index in [4.69, 9.17) is 4.74 Å². The predicted octanol–water partition coefficient (Wildman–Crippen LogP) is 5.41. The Bertz CT molecular complexity index is 1030. The number of hydrogen-bond donors (Lipinski definition) is 1. The van der Waals surface area contributed by atoms with Gasteiger partial charge in [0.2, 0.25) is 5.95 Å². The maximum Gasteiger partial charge on any atom is 0.227 e. The lowest BCUT2D eigenvalue weighted by Crippen LogP contribution is -1.98. The number of nitrogens with zero attached hydrogens (tertiary/aromatic N) is 3. The van der Waals surface area contributed by atoms with Gasteiger partial charge >= 0.3 is 0 Å². The Morgan fingerprint density at radius 3 is 2.63 bits per heavy atom. The van der Waals surface area contributed by atoms with Crippen LogP contribution >= 0.6 is 11.3 Å². The molecule has 0 spiro atoms. The molecule has 2 aromatic carbocycles. The topological polar surface area (TPSA) is 59.9 Å². The van der Waals surface area contributed by atoms with Gasteiger partial charge in [0, 0.05) is 23.5 Å². The maximum atomic E-state index is 5.60. The van der Waals surface area contributed by atoms with Crippen LogP contribution in [0.2, 0.25) is 0 Å². The number of benzene rings is 2. The number of thiazole rings is 1. The molecule has 0 fully saturated rings. The van der Waals surface area contributed by atoms with Crippen molar-refractivity contribution in [3.63, 3.8) is 0 Å². The van der Waals surface area contributed by atoms with Crippen molar-refractivity contribution in [1.82, 2.24) is 15.0 Å². The molecule has 0 saturated heterocycles. The Hall–Kier alpha value is -3.25. The van der Waals surface area contributed by atoms with Gasteiger partial charge in [0.05, 0.1) is 6.61 Å². The fourth-order valence-corrected chi connectivity index (χ4v) is 3.33. The highest BCUT2D eigenvalue weighted by atomic mass is 32.1. The first-order valence-corrected chi connectivity index (χ1v) is 9.53. The van der Waals surface area contributed by atoms with Crippen LogP contribution in [0.4, 0.5) is 11.6 Å².